The first-order valence-corrected chi connectivity index (χ1v) is 10.3. The minimum absolute atomic E-state index is 0.208. The summed E-state index contributed by atoms with van der Waals surface area (Å²) in [7, 11) is 0. The molecule has 1 saturated carbocycles. The number of anilines is 1. The predicted octanol–water partition coefficient (Wildman–Crippen LogP) is 7.52. The van der Waals surface area contributed by atoms with Crippen LogP contribution >= 0.6 is 0 Å². The second-order valence-electron chi connectivity index (χ2n) is 9.11. The normalized spacial score (nSPS) is 20.3. The lowest BCUT2D eigenvalue weighted by Gasteiger charge is -2.37. The van der Waals surface area contributed by atoms with Crippen LogP contribution in [0.15, 0.2) is 48.5 Å². The molecule has 1 N–H and O–H groups in total. The van der Waals surface area contributed by atoms with Crippen molar-refractivity contribution in [2.75, 3.05) is 11.9 Å². The summed E-state index contributed by atoms with van der Waals surface area (Å²) >= 11 is 0. The quantitative estimate of drug-likeness (QED) is 0.555. The zero-order chi connectivity index (χ0) is 21.1. The third-order valence-electron chi connectivity index (χ3n) is 5.97. The van der Waals surface area contributed by atoms with Crippen molar-refractivity contribution < 1.29 is 17.9 Å². The molecule has 5 heteroatoms. The molecule has 29 heavy (non-hydrogen) atoms. The van der Waals surface area contributed by atoms with Gasteiger partial charge in [-0.25, -0.2) is 0 Å². The van der Waals surface area contributed by atoms with Crippen LogP contribution in [0.25, 0.3) is 11.1 Å². The molecule has 0 spiro atoms. The van der Waals surface area contributed by atoms with E-state index in [2.05, 4.69) is 30.8 Å². The van der Waals surface area contributed by atoms with E-state index in [9.17, 15) is 13.2 Å². The second-order valence-corrected chi connectivity index (χ2v) is 9.11. The molecule has 1 aliphatic carbocycles. The Hall–Kier alpha value is -2.17. The molecule has 2 aromatic carbocycles. The third kappa shape index (κ3) is 6.41. The van der Waals surface area contributed by atoms with Crippen molar-refractivity contribution in [3.8, 4) is 16.9 Å². The van der Waals surface area contributed by atoms with Crippen molar-refractivity contribution >= 4 is 5.69 Å². The molecule has 0 radical (unpaired) electrons. The summed E-state index contributed by atoms with van der Waals surface area (Å²) < 4.78 is 40.7. The van der Waals surface area contributed by atoms with E-state index in [1.165, 1.54) is 37.8 Å². The molecule has 3 rings (SSSR count). The van der Waals surface area contributed by atoms with Crippen LogP contribution in [0.3, 0.4) is 0 Å². The van der Waals surface area contributed by atoms with E-state index in [1.54, 1.807) is 12.1 Å². The van der Waals surface area contributed by atoms with Gasteiger partial charge in [0.2, 0.25) is 0 Å². The summed E-state index contributed by atoms with van der Waals surface area (Å²) in [6.07, 6.45) is 0.505. The molecule has 0 heterocycles. The number of benzene rings is 2. The van der Waals surface area contributed by atoms with Crippen molar-refractivity contribution in [1.82, 2.24) is 0 Å². The van der Waals surface area contributed by atoms with Gasteiger partial charge in [0.15, 0.2) is 0 Å². The highest BCUT2D eigenvalue weighted by molar-refractivity contribution is 5.66. The number of ether oxygens (including phenoxy) is 1. The van der Waals surface area contributed by atoms with Crippen LogP contribution in [0.2, 0.25) is 0 Å². The Balaban J connectivity index is 1.50. The van der Waals surface area contributed by atoms with Crippen LogP contribution in [0.4, 0.5) is 18.9 Å². The molecule has 0 unspecified atom stereocenters. The Morgan fingerprint density at radius 2 is 1.34 bits per heavy atom. The molecule has 0 amide bonds. The number of alkyl halides is 3. The molecule has 1 aliphatic rings. The summed E-state index contributed by atoms with van der Waals surface area (Å²) in [6, 6.07) is 14.0. The molecule has 0 bridgehead atoms. The molecule has 0 saturated heterocycles. The largest absolute Gasteiger partial charge is 0.573 e. The third-order valence-corrected chi connectivity index (χ3v) is 5.97. The van der Waals surface area contributed by atoms with E-state index in [1.807, 2.05) is 24.3 Å². The average molecular weight is 406 g/mol. The Kier molecular flexibility index (Phi) is 6.45. The van der Waals surface area contributed by atoms with E-state index in [-0.39, 0.29) is 5.75 Å². The van der Waals surface area contributed by atoms with Gasteiger partial charge in [0, 0.05) is 12.2 Å². The second kappa shape index (κ2) is 8.68. The van der Waals surface area contributed by atoms with Crippen LogP contribution in [0, 0.1) is 17.3 Å². The molecule has 1 fully saturated rings. The lowest BCUT2D eigenvalue weighted by Crippen LogP contribution is -2.28. The number of nitrogens with one attached hydrogen (secondary N) is 1. The Bertz CT molecular complexity index is 768. The van der Waals surface area contributed by atoms with Crippen molar-refractivity contribution in [3.05, 3.63) is 48.5 Å². The van der Waals surface area contributed by atoms with Gasteiger partial charge >= 0.3 is 6.36 Å². The minimum Gasteiger partial charge on any atom is -0.406 e. The van der Waals surface area contributed by atoms with Gasteiger partial charge in [-0.05, 0) is 78.3 Å². The highest BCUT2D eigenvalue weighted by Gasteiger charge is 2.31. The lowest BCUT2D eigenvalue weighted by molar-refractivity contribution is -0.274. The summed E-state index contributed by atoms with van der Waals surface area (Å²) in [5.74, 6) is 1.33. The zero-order valence-electron chi connectivity index (χ0n) is 17.4. The fourth-order valence-corrected chi connectivity index (χ4v) is 4.12. The maximum atomic E-state index is 12.3. The maximum absolute atomic E-state index is 12.3. The summed E-state index contributed by atoms with van der Waals surface area (Å²) in [4.78, 5) is 0. The first-order chi connectivity index (χ1) is 13.6. The van der Waals surface area contributed by atoms with E-state index in [4.69, 9.17) is 0 Å². The Morgan fingerprint density at radius 1 is 0.828 bits per heavy atom. The summed E-state index contributed by atoms with van der Waals surface area (Å²) in [6.45, 7) is 8.01. The van der Waals surface area contributed by atoms with Crippen molar-refractivity contribution in [2.24, 2.45) is 17.3 Å². The molecule has 2 nitrogen and oxygen atoms in total. The van der Waals surface area contributed by atoms with E-state index in [0.29, 0.717) is 5.41 Å². The minimum atomic E-state index is -4.67. The fourth-order valence-electron chi connectivity index (χ4n) is 4.12. The van der Waals surface area contributed by atoms with Gasteiger partial charge in [-0.3, -0.25) is 0 Å². The van der Waals surface area contributed by atoms with Crippen LogP contribution in [-0.4, -0.2) is 12.9 Å². The first kappa shape index (κ1) is 21.5. The highest BCUT2D eigenvalue weighted by atomic mass is 19.4. The van der Waals surface area contributed by atoms with E-state index < -0.39 is 6.36 Å². The molecule has 158 valence electrons. The highest BCUT2D eigenvalue weighted by Crippen LogP contribution is 2.39. The predicted molar refractivity (Wildman–Crippen MR) is 112 cm³/mol. The molecule has 0 atom stereocenters. The van der Waals surface area contributed by atoms with Crippen molar-refractivity contribution in [3.63, 3.8) is 0 Å². The summed E-state index contributed by atoms with van der Waals surface area (Å²) in [5, 5.41) is 3.54. The number of rotatable bonds is 5. The number of hydrogen-bond acceptors (Lipinski definition) is 2. The zero-order valence-corrected chi connectivity index (χ0v) is 17.4. The van der Waals surface area contributed by atoms with Gasteiger partial charge in [-0.15, -0.1) is 13.2 Å². The Morgan fingerprint density at radius 3 is 1.83 bits per heavy atom. The van der Waals surface area contributed by atoms with Crippen LogP contribution in [-0.2, 0) is 0 Å². The standard InChI is InChI=1S/C24H30F3NO/c1-23(2,3)20-10-4-17(5-11-20)16-28-21-12-6-18(7-13-21)19-8-14-22(15-9-19)29-24(25,26)27/h6-9,12-15,17,20,28H,4-5,10-11,16H2,1-3H3/t17-,20-. The molecular weight excluding hydrogens is 375 g/mol. The number of halogens is 3. The lowest BCUT2D eigenvalue weighted by atomic mass is 9.70. The summed E-state index contributed by atoms with van der Waals surface area (Å²) in [5.41, 5.74) is 3.29. The topological polar surface area (TPSA) is 21.3 Å². The van der Waals surface area contributed by atoms with Gasteiger partial charge in [-0.2, -0.15) is 0 Å². The van der Waals surface area contributed by atoms with Crippen LogP contribution in [0.5, 0.6) is 5.75 Å². The maximum Gasteiger partial charge on any atom is 0.573 e. The first-order valence-electron chi connectivity index (χ1n) is 10.3. The van der Waals surface area contributed by atoms with Gasteiger partial charge in [0.25, 0.3) is 0 Å². The average Bonchev–Trinajstić information content (AvgIpc) is 2.66. The van der Waals surface area contributed by atoms with Gasteiger partial charge < -0.3 is 10.1 Å². The van der Waals surface area contributed by atoms with Gasteiger partial charge in [-0.1, -0.05) is 45.0 Å². The fraction of sp³-hybridized carbons (Fsp3) is 0.500. The van der Waals surface area contributed by atoms with Crippen molar-refractivity contribution in [2.45, 2.75) is 52.8 Å². The SMILES string of the molecule is CC(C)(C)[C@H]1CC[C@H](CNc2ccc(-c3ccc(OC(F)(F)F)cc3)cc2)CC1. The van der Waals surface area contributed by atoms with Crippen LogP contribution in [0.1, 0.15) is 46.5 Å². The van der Waals surface area contributed by atoms with Crippen LogP contribution < -0.4 is 10.1 Å². The van der Waals surface area contributed by atoms with E-state index in [0.717, 1.165) is 35.2 Å². The van der Waals surface area contributed by atoms with Gasteiger partial charge in [0.1, 0.15) is 5.75 Å². The number of hydrogen-bond donors (Lipinski definition) is 1. The Labute approximate surface area is 171 Å². The monoisotopic (exact) mass is 405 g/mol. The van der Waals surface area contributed by atoms with Crippen molar-refractivity contribution in [1.29, 1.82) is 0 Å². The van der Waals surface area contributed by atoms with Gasteiger partial charge in [0.05, 0.1) is 0 Å². The molecule has 2 aromatic rings. The molecule has 0 aromatic heterocycles. The molecule has 0 aliphatic heterocycles. The smallest absolute Gasteiger partial charge is 0.406 e. The molecular formula is C24H30F3NO. The van der Waals surface area contributed by atoms with E-state index >= 15 is 0 Å².